The summed E-state index contributed by atoms with van der Waals surface area (Å²) >= 11 is 0. The zero-order valence-corrected chi connectivity index (χ0v) is 16.0. The van der Waals surface area contributed by atoms with Crippen LogP contribution in [-0.4, -0.2) is 45.0 Å². The Morgan fingerprint density at radius 2 is 1.80 bits per heavy atom. The molecule has 1 atom stereocenters. The topological polar surface area (TPSA) is 65.1 Å². The fourth-order valence-electron chi connectivity index (χ4n) is 2.41. The lowest BCUT2D eigenvalue weighted by Gasteiger charge is -2.31. The first-order valence-electron chi connectivity index (χ1n) is 8.33. The van der Waals surface area contributed by atoms with Gasteiger partial charge in [0.05, 0.1) is 13.2 Å². The molecule has 0 N–H and O–H groups in total. The third kappa shape index (κ3) is 6.48. The van der Waals surface area contributed by atoms with Crippen LogP contribution in [0.4, 0.5) is 5.69 Å². The van der Waals surface area contributed by atoms with Crippen LogP contribution in [-0.2, 0) is 29.2 Å². The third-order valence-electron chi connectivity index (χ3n) is 3.61. The minimum Gasteiger partial charge on any atom is -0.453 e. The monoisotopic (exact) mass is 351 g/mol. The van der Waals surface area contributed by atoms with Gasteiger partial charge in [0, 0.05) is 19.7 Å². The van der Waals surface area contributed by atoms with Gasteiger partial charge in [0.2, 0.25) is 0 Å². The highest BCUT2D eigenvalue weighted by Gasteiger charge is 2.28. The minimum absolute atomic E-state index is 0.0564. The Kier molecular flexibility index (Phi) is 8.06. The van der Waals surface area contributed by atoms with Crippen LogP contribution in [0.25, 0.3) is 0 Å². The molecule has 0 bridgehead atoms. The maximum absolute atomic E-state index is 12.9. The number of methoxy groups -OCH3 is 1. The summed E-state index contributed by atoms with van der Waals surface area (Å²) in [6.07, 6.45) is -0.892. The number of carbonyl (C=O) groups is 2. The molecule has 0 saturated carbocycles. The molecule has 1 aromatic carbocycles. The summed E-state index contributed by atoms with van der Waals surface area (Å²) in [4.78, 5) is 25.6. The first-order chi connectivity index (χ1) is 11.7. The lowest BCUT2D eigenvalue weighted by Crippen LogP contribution is -2.42. The molecule has 0 spiro atoms. The minimum atomic E-state index is -0.892. The van der Waals surface area contributed by atoms with Crippen molar-refractivity contribution in [3.8, 4) is 0 Å². The number of hydrogen-bond acceptors (Lipinski definition) is 5. The van der Waals surface area contributed by atoms with Crippen molar-refractivity contribution in [3.63, 3.8) is 0 Å². The second-order valence-electron chi connectivity index (χ2n) is 6.82. The average Bonchev–Trinajstić information content (AvgIpc) is 2.53. The molecule has 25 heavy (non-hydrogen) atoms. The van der Waals surface area contributed by atoms with Gasteiger partial charge in [-0.15, -0.1) is 0 Å². The number of para-hydroxylation sites is 1. The Hall–Kier alpha value is -1.92. The molecule has 140 valence electrons. The predicted octanol–water partition coefficient (Wildman–Crippen LogP) is 2.89. The van der Waals surface area contributed by atoms with E-state index in [1.165, 1.54) is 11.8 Å². The van der Waals surface area contributed by atoms with Gasteiger partial charge >= 0.3 is 5.97 Å². The fourth-order valence-corrected chi connectivity index (χ4v) is 2.41. The van der Waals surface area contributed by atoms with E-state index in [0.29, 0.717) is 13.2 Å². The van der Waals surface area contributed by atoms with Gasteiger partial charge in [-0.3, -0.25) is 14.5 Å². The highest BCUT2D eigenvalue weighted by molar-refractivity contribution is 5.97. The Morgan fingerprint density at radius 3 is 2.36 bits per heavy atom. The number of anilines is 1. The zero-order valence-electron chi connectivity index (χ0n) is 16.0. The smallest absolute Gasteiger partial charge is 0.303 e. The SMILES string of the molecule is COCCOCN(C(=O)[C@H](C)OC(C)=O)c1ccccc1C(C)(C)C. The number of benzene rings is 1. The molecule has 6 heteroatoms. The summed E-state index contributed by atoms with van der Waals surface area (Å²) in [5.74, 6) is -0.825. The number of carbonyl (C=O) groups excluding carboxylic acids is 2. The van der Waals surface area contributed by atoms with Crippen LogP contribution in [0, 0.1) is 0 Å². The quantitative estimate of drug-likeness (QED) is 0.409. The summed E-state index contributed by atoms with van der Waals surface area (Å²) in [6, 6.07) is 7.67. The van der Waals surface area contributed by atoms with Crippen LogP contribution in [0.5, 0.6) is 0 Å². The van der Waals surface area contributed by atoms with Crippen molar-refractivity contribution in [1.29, 1.82) is 0 Å². The first kappa shape index (κ1) is 21.1. The predicted molar refractivity (Wildman–Crippen MR) is 96.6 cm³/mol. The Balaban J connectivity index is 3.14. The van der Waals surface area contributed by atoms with Crippen LogP contribution in [0.15, 0.2) is 24.3 Å². The molecule has 0 heterocycles. The van der Waals surface area contributed by atoms with Crippen LogP contribution < -0.4 is 4.90 Å². The van der Waals surface area contributed by atoms with E-state index in [1.807, 2.05) is 24.3 Å². The normalized spacial score (nSPS) is 12.6. The number of esters is 1. The second kappa shape index (κ2) is 9.53. The highest BCUT2D eigenvalue weighted by atomic mass is 16.5. The molecular weight excluding hydrogens is 322 g/mol. The standard InChI is InChI=1S/C19H29NO5/c1-14(25-15(2)21)18(22)20(13-24-12-11-23-6)17-10-8-7-9-16(17)19(3,4)5/h7-10,14H,11-13H2,1-6H3/t14-/m0/s1. The number of amides is 1. The first-order valence-corrected chi connectivity index (χ1v) is 8.33. The Bertz CT molecular complexity index is 579. The lowest BCUT2D eigenvalue weighted by molar-refractivity contribution is -0.152. The van der Waals surface area contributed by atoms with E-state index >= 15 is 0 Å². The summed E-state index contributed by atoms with van der Waals surface area (Å²) in [5.41, 5.74) is 1.59. The molecule has 0 aliphatic heterocycles. The van der Waals surface area contributed by atoms with Gasteiger partial charge in [-0.1, -0.05) is 39.0 Å². The molecular formula is C19H29NO5. The number of hydrogen-bond donors (Lipinski definition) is 0. The maximum Gasteiger partial charge on any atom is 0.303 e. The maximum atomic E-state index is 12.9. The number of rotatable bonds is 8. The highest BCUT2D eigenvalue weighted by Crippen LogP contribution is 2.32. The van der Waals surface area contributed by atoms with Crippen molar-refractivity contribution in [1.82, 2.24) is 0 Å². The Labute approximate surface area is 150 Å². The van der Waals surface area contributed by atoms with E-state index in [1.54, 1.807) is 14.0 Å². The van der Waals surface area contributed by atoms with Gasteiger partial charge in [-0.2, -0.15) is 0 Å². The van der Waals surface area contributed by atoms with E-state index < -0.39 is 12.1 Å². The summed E-state index contributed by atoms with van der Waals surface area (Å²) < 4.78 is 15.6. The van der Waals surface area contributed by atoms with Crippen LogP contribution in [0.1, 0.15) is 40.2 Å². The second-order valence-corrected chi connectivity index (χ2v) is 6.82. The molecule has 0 aliphatic rings. The van der Waals surface area contributed by atoms with Crippen LogP contribution in [0.3, 0.4) is 0 Å². The third-order valence-corrected chi connectivity index (χ3v) is 3.61. The van der Waals surface area contributed by atoms with Crippen molar-refractivity contribution >= 4 is 17.6 Å². The van der Waals surface area contributed by atoms with Gasteiger partial charge in [-0.05, 0) is 24.0 Å². The summed E-state index contributed by atoms with van der Waals surface area (Å²) in [7, 11) is 1.59. The fraction of sp³-hybridized carbons (Fsp3) is 0.579. The van der Waals surface area contributed by atoms with Crippen LogP contribution in [0.2, 0.25) is 0 Å². The molecule has 6 nitrogen and oxygen atoms in total. The van der Waals surface area contributed by atoms with E-state index in [4.69, 9.17) is 14.2 Å². The molecule has 0 aliphatic carbocycles. The van der Waals surface area contributed by atoms with Crippen molar-refractivity contribution in [2.45, 2.75) is 46.1 Å². The van der Waals surface area contributed by atoms with Gasteiger partial charge in [0.25, 0.3) is 5.91 Å². The lowest BCUT2D eigenvalue weighted by atomic mass is 9.85. The van der Waals surface area contributed by atoms with E-state index in [9.17, 15) is 9.59 Å². The van der Waals surface area contributed by atoms with Gasteiger partial charge in [0.15, 0.2) is 6.10 Å². The van der Waals surface area contributed by atoms with Crippen molar-refractivity contribution in [3.05, 3.63) is 29.8 Å². The molecule has 0 aromatic heterocycles. The molecule has 0 saturated heterocycles. The molecule has 1 amide bonds. The van der Waals surface area contributed by atoms with Gasteiger partial charge in [0.1, 0.15) is 6.73 Å². The molecule has 0 radical (unpaired) electrons. The van der Waals surface area contributed by atoms with Gasteiger partial charge in [-0.25, -0.2) is 0 Å². The van der Waals surface area contributed by atoms with Crippen molar-refractivity contribution in [2.24, 2.45) is 0 Å². The molecule has 1 rings (SSSR count). The van der Waals surface area contributed by atoms with Crippen molar-refractivity contribution < 1.29 is 23.8 Å². The molecule has 0 unspecified atom stereocenters. The zero-order chi connectivity index (χ0) is 19.0. The van der Waals surface area contributed by atoms with Crippen molar-refractivity contribution in [2.75, 3.05) is 32.0 Å². The average molecular weight is 351 g/mol. The number of nitrogens with zero attached hydrogens (tertiary/aromatic N) is 1. The van der Waals surface area contributed by atoms with E-state index in [0.717, 1.165) is 11.3 Å². The largest absolute Gasteiger partial charge is 0.453 e. The molecule has 1 aromatic rings. The van der Waals surface area contributed by atoms with E-state index in [-0.39, 0.29) is 18.1 Å². The van der Waals surface area contributed by atoms with Crippen LogP contribution >= 0.6 is 0 Å². The summed E-state index contributed by atoms with van der Waals surface area (Å²) in [5, 5.41) is 0. The van der Waals surface area contributed by atoms with Gasteiger partial charge < -0.3 is 14.2 Å². The number of ether oxygens (including phenoxy) is 3. The van der Waals surface area contributed by atoms with E-state index in [2.05, 4.69) is 20.8 Å². The molecule has 0 fully saturated rings. The Morgan fingerprint density at radius 1 is 1.16 bits per heavy atom. The summed E-state index contributed by atoms with van der Waals surface area (Å²) in [6.45, 7) is 9.93.